The summed E-state index contributed by atoms with van der Waals surface area (Å²) in [5.41, 5.74) is 1.09. The number of pyridine rings is 1. The lowest BCUT2D eigenvalue weighted by Gasteiger charge is -2.21. The van der Waals surface area contributed by atoms with E-state index in [-0.39, 0.29) is 12.5 Å². The van der Waals surface area contributed by atoms with Gasteiger partial charge in [-0.2, -0.15) is 17.0 Å². The lowest BCUT2D eigenvalue weighted by Crippen LogP contribution is -2.39. The molecule has 1 aliphatic heterocycles. The van der Waals surface area contributed by atoms with Crippen LogP contribution in [-0.4, -0.2) is 58.3 Å². The van der Waals surface area contributed by atoms with Crippen molar-refractivity contribution in [2.45, 2.75) is 18.9 Å². The Morgan fingerprint density at radius 3 is 2.48 bits per heavy atom. The summed E-state index contributed by atoms with van der Waals surface area (Å²) < 4.78 is 30.1. The van der Waals surface area contributed by atoms with Crippen molar-refractivity contribution in [3.8, 4) is 0 Å². The molecule has 1 fully saturated rings. The number of hydrogen-bond donors (Lipinski definition) is 0. The van der Waals surface area contributed by atoms with Crippen molar-refractivity contribution >= 4 is 21.2 Å². The monoisotopic (exact) mass is 443 g/mol. The van der Waals surface area contributed by atoms with E-state index in [0.717, 1.165) is 10.1 Å². The number of nitrogens with zero attached hydrogens (tertiary/aromatic N) is 5. The smallest absolute Gasteiger partial charge is 0.273 e. The van der Waals surface area contributed by atoms with E-state index in [1.807, 2.05) is 30.3 Å². The maximum atomic E-state index is 12.9. The summed E-state index contributed by atoms with van der Waals surface area (Å²) in [6.07, 6.45) is 0.624. The van der Waals surface area contributed by atoms with Crippen molar-refractivity contribution in [1.29, 1.82) is 0 Å². The Hall–Kier alpha value is -2.82. The molecular formula is C21H25N5O4S. The van der Waals surface area contributed by atoms with Crippen molar-refractivity contribution < 1.29 is 8.42 Å². The van der Waals surface area contributed by atoms with E-state index in [4.69, 9.17) is 4.98 Å². The lowest BCUT2D eigenvalue weighted by atomic mass is 10.0. The molecule has 0 saturated carbocycles. The molecule has 4 rings (SSSR count). The standard InChI is InChI=1S/C21H25N5O4S/c1-23(2)31(29,30)25-12-11-16(14-25)18-10-9-17-19(22-18)26(21(28)24(3)20(17)27)13-15-7-5-4-6-8-15/h4-10,16H,11-14H2,1-3H3/t16-/m0/s1. The molecule has 1 aromatic carbocycles. The highest BCUT2D eigenvalue weighted by Crippen LogP contribution is 2.29. The molecular weight excluding hydrogens is 418 g/mol. The predicted molar refractivity (Wildman–Crippen MR) is 118 cm³/mol. The Bertz CT molecular complexity index is 1350. The first kappa shape index (κ1) is 21.4. The largest absolute Gasteiger partial charge is 0.332 e. The third-order valence-corrected chi connectivity index (χ3v) is 7.65. The van der Waals surface area contributed by atoms with Gasteiger partial charge in [0.2, 0.25) is 0 Å². The van der Waals surface area contributed by atoms with Gasteiger partial charge in [-0.15, -0.1) is 0 Å². The van der Waals surface area contributed by atoms with Crippen molar-refractivity contribution in [2.24, 2.45) is 7.05 Å². The first-order valence-corrected chi connectivity index (χ1v) is 11.4. The fourth-order valence-electron chi connectivity index (χ4n) is 3.92. The zero-order valence-electron chi connectivity index (χ0n) is 17.7. The molecule has 31 heavy (non-hydrogen) atoms. The van der Waals surface area contributed by atoms with Crippen molar-refractivity contribution in [3.63, 3.8) is 0 Å². The van der Waals surface area contributed by atoms with Crippen LogP contribution in [0.4, 0.5) is 0 Å². The number of hydrogen-bond acceptors (Lipinski definition) is 5. The molecule has 2 aromatic heterocycles. The summed E-state index contributed by atoms with van der Waals surface area (Å²) >= 11 is 0. The van der Waals surface area contributed by atoms with Gasteiger partial charge in [0.05, 0.1) is 11.9 Å². The van der Waals surface area contributed by atoms with E-state index in [9.17, 15) is 18.0 Å². The molecule has 164 valence electrons. The van der Waals surface area contributed by atoms with Crippen molar-refractivity contribution in [3.05, 3.63) is 74.6 Å². The maximum Gasteiger partial charge on any atom is 0.332 e. The fraction of sp³-hybridized carbons (Fsp3) is 0.381. The first-order valence-electron chi connectivity index (χ1n) is 10.0. The quantitative estimate of drug-likeness (QED) is 0.579. The molecule has 9 nitrogen and oxygen atoms in total. The summed E-state index contributed by atoms with van der Waals surface area (Å²) in [5, 5.41) is 0.359. The minimum atomic E-state index is -3.50. The highest BCUT2D eigenvalue weighted by molar-refractivity contribution is 7.86. The second-order valence-electron chi connectivity index (χ2n) is 7.96. The van der Waals surface area contributed by atoms with Crippen LogP contribution in [0, 0.1) is 0 Å². The summed E-state index contributed by atoms with van der Waals surface area (Å²) in [5.74, 6) is -0.108. The molecule has 3 aromatic rings. The number of rotatable bonds is 5. The van der Waals surface area contributed by atoms with Gasteiger partial charge < -0.3 is 0 Å². The first-order chi connectivity index (χ1) is 14.7. The van der Waals surface area contributed by atoms with Gasteiger partial charge in [0, 0.05) is 45.8 Å². The SMILES string of the molecule is CN(C)S(=O)(=O)N1CC[C@H](c2ccc3c(=O)n(C)c(=O)n(Cc4ccccc4)c3n2)C1. The van der Waals surface area contributed by atoms with E-state index >= 15 is 0 Å². The van der Waals surface area contributed by atoms with E-state index in [1.165, 1.54) is 34.3 Å². The van der Waals surface area contributed by atoms with E-state index < -0.39 is 21.5 Å². The zero-order chi connectivity index (χ0) is 22.3. The number of fused-ring (bicyclic) bond motifs is 1. The molecule has 0 N–H and O–H groups in total. The Morgan fingerprint density at radius 2 is 1.81 bits per heavy atom. The predicted octanol–water partition coefficient (Wildman–Crippen LogP) is 0.739. The van der Waals surface area contributed by atoms with Gasteiger partial charge in [0.25, 0.3) is 15.8 Å². The van der Waals surface area contributed by atoms with E-state index in [0.29, 0.717) is 36.2 Å². The van der Waals surface area contributed by atoms with E-state index in [2.05, 4.69) is 0 Å². The van der Waals surface area contributed by atoms with Gasteiger partial charge in [0.15, 0.2) is 0 Å². The third-order valence-electron chi connectivity index (χ3n) is 5.75. The minimum absolute atomic E-state index is 0.108. The maximum absolute atomic E-state index is 12.9. The normalized spacial score (nSPS) is 17.6. The molecule has 0 aliphatic carbocycles. The van der Waals surface area contributed by atoms with Crippen LogP contribution in [0.1, 0.15) is 23.6 Å². The van der Waals surface area contributed by atoms with Gasteiger partial charge in [-0.05, 0) is 24.1 Å². The Kier molecular flexibility index (Phi) is 5.54. The highest BCUT2D eigenvalue weighted by Gasteiger charge is 2.34. The van der Waals surface area contributed by atoms with Gasteiger partial charge >= 0.3 is 5.69 Å². The second kappa shape index (κ2) is 8.03. The third kappa shape index (κ3) is 3.82. The van der Waals surface area contributed by atoms with Gasteiger partial charge in [-0.3, -0.25) is 13.9 Å². The molecule has 0 radical (unpaired) electrons. The number of benzene rings is 1. The summed E-state index contributed by atoms with van der Waals surface area (Å²) in [6, 6.07) is 12.9. The summed E-state index contributed by atoms with van der Waals surface area (Å²) in [6.45, 7) is 0.998. The van der Waals surface area contributed by atoms with Crippen LogP contribution < -0.4 is 11.2 Å². The van der Waals surface area contributed by atoms with Crippen molar-refractivity contribution in [1.82, 2.24) is 22.7 Å². The molecule has 1 saturated heterocycles. The average molecular weight is 444 g/mol. The molecule has 0 spiro atoms. The average Bonchev–Trinajstić information content (AvgIpc) is 3.26. The van der Waals surface area contributed by atoms with Crippen LogP contribution in [-0.2, 0) is 23.8 Å². The zero-order valence-corrected chi connectivity index (χ0v) is 18.5. The van der Waals surface area contributed by atoms with E-state index in [1.54, 1.807) is 12.1 Å². The molecule has 0 bridgehead atoms. The second-order valence-corrected chi connectivity index (χ2v) is 10.1. The van der Waals surface area contributed by atoms with Crippen LogP contribution >= 0.6 is 0 Å². The topological polar surface area (TPSA) is 97.5 Å². The Morgan fingerprint density at radius 1 is 1.10 bits per heavy atom. The van der Waals surface area contributed by atoms with Crippen LogP contribution in [0.25, 0.3) is 11.0 Å². The number of aromatic nitrogens is 3. The van der Waals surface area contributed by atoms with Gasteiger partial charge in [0.1, 0.15) is 5.65 Å². The van der Waals surface area contributed by atoms with Crippen molar-refractivity contribution in [2.75, 3.05) is 27.2 Å². The Balaban J connectivity index is 1.78. The molecule has 0 unspecified atom stereocenters. The van der Waals surface area contributed by atoms with Gasteiger partial charge in [-0.1, -0.05) is 30.3 Å². The summed E-state index contributed by atoms with van der Waals surface area (Å²) in [4.78, 5) is 30.2. The highest BCUT2D eigenvalue weighted by atomic mass is 32.2. The lowest BCUT2D eigenvalue weighted by molar-refractivity contribution is 0.418. The molecule has 0 amide bonds. The summed E-state index contributed by atoms with van der Waals surface area (Å²) in [7, 11) is 0.979. The van der Waals surface area contributed by atoms with Crippen LogP contribution in [0.15, 0.2) is 52.1 Å². The Labute approximate surface area is 180 Å². The molecule has 10 heteroatoms. The molecule has 1 atom stereocenters. The fourth-order valence-corrected chi connectivity index (χ4v) is 5.09. The van der Waals surface area contributed by atoms with Crippen LogP contribution in [0.5, 0.6) is 0 Å². The minimum Gasteiger partial charge on any atom is -0.273 e. The van der Waals surface area contributed by atoms with Crippen LogP contribution in [0.2, 0.25) is 0 Å². The molecule has 1 aliphatic rings. The van der Waals surface area contributed by atoms with Gasteiger partial charge in [-0.25, -0.2) is 9.78 Å². The molecule has 3 heterocycles. The van der Waals surface area contributed by atoms with Crippen LogP contribution in [0.3, 0.4) is 0 Å².